The molecule has 0 radical (unpaired) electrons. The van der Waals surface area contributed by atoms with Gasteiger partial charge in [-0.15, -0.1) is 0 Å². The second-order valence-corrected chi connectivity index (χ2v) is 7.56. The molecular formula is C28H23FO3. The Morgan fingerprint density at radius 1 is 0.969 bits per heavy atom. The van der Waals surface area contributed by atoms with Gasteiger partial charge in [0.1, 0.15) is 11.6 Å². The van der Waals surface area contributed by atoms with E-state index in [1.807, 2.05) is 42.5 Å². The van der Waals surface area contributed by atoms with Crippen LogP contribution in [0.3, 0.4) is 0 Å². The minimum absolute atomic E-state index is 0.238. The molecule has 0 aliphatic carbocycles. The van der Waals surface area contributed by atoms with E-state index >= 15 is 0 Å². The molecule has 0 bridgehead atoms. The number of methoxy groups -OCH3 is 1. The number of fused-ring (bicyclic) bond motifs is 1. The van der Waals surface area contributed by atoms with Gasteiger partial charge in [-0.25, -0.2) is 9.18 Å². The maximum atomic E-state index is 13.2. The van der Waals surface area contributed by atoms with Crippen LogP contribution in [0, 0.1) is 5.82 Å². The van der Waals surface area contributed by atoms with E-state index in [4.69, 9.17) is 4.74 Å². The maximum Gasteiger partial charge on any atom is 0.336 e. The smallest absolute Gasteiger partial charge is 0.336 e. The van der Waals surface area contributed by atoms with Crippen molar-refractivity contribution in [2.75, 3.05) is 7.11 Å². The number of carboxylic acid groups (broad SMARTS) is 1. The van der Waals surface area contributed by atoms with E-state index in [0.29, 0.717) is 5.56 Å². The zero-order chi connectivity index (χ0) is 22.5. The number of benzene rings is 4. The van der Waals surface area contributed by atoms with Gasteiger partial charge in [0.2, 0.25) is 0 Å². The number of carboxylic acids is 1. The van der Waals surface area contributed by atoms with Crippen LogP contribution < -0.4 is 4.74 Å². The predicted molar refractivity (Wildman–Crippen MR) is 127 cm³/mol. The average molecular weight is 426 g/mol. The molecule has 0 saturated heterocycles. The molecule has 4 heteroatoms. The molecule has 0 unspecified atom stereocenters. The molecule has 0 amide bonds. The number of allylic oxidation sites excluding steroid dienone is 1. The Hall–Kier alpha value is -3.92. The quantitative estimate of drug-likeness (QED) is 0.346. The third kappa shape index (κ3) is 4.70. The Bertz CT molecular complexity index is 1290. The molecule has 0 fully saturated rings. The van der Waals surface area contributed by atoms with Gasteiger partial charge in [-0.1, -0.05) is 54.6 Å². The highest BCUT2D eigenvalue weighted by molar-refractivity contribution is 5.93. The summed E-state index contributed by atoms with van der Waals surface area (Å²) in [6.07, 6.45) is 5.43. The van der Waals surface area contributed by atoms with E-state index in [2.05, 4.69) is 12.1 Å². The van der Waals surface area contributed by atoms with E-state index < -0.39 is 5.97 Å². The van der Waals surface area contributed by atoms with Gasteiger partial charge in [0.15, 0.2) is 0 Å². The summed E-state index contributed by atoms with van der Waals surface area (Å²) in [5.41, 5.74) is 3.75. The molecule has 4 aromatic rings. The van der Waals surface area contributed by atoms with E-state index in [-0.39, 0.29) is 11.4 Å². The van der Waals surface area contributed by atoms with Gasteiger partial charge in [-0.2, -0.15) is 0 Å². The van der Waals surface area contributed by atoms with Crippen molar-refractivity contribution in [2.24, 2.45) is 0 Å². The van der Waals surface area contributed by atoms with Gasteiger partial charge in [-0.05, 0) is 82.3 Å². The van der Waals surface area contributed by atoms with Crippen LogP contribution >= 0.6 is 0 Å². The zero-order valence-corrected chi connectivity index (χ0v) is 17.7. The molecule has 0 spiro atoms. The van der Waals surface area contributed by atoms with Crippen LogP contribution in [-0.4, -0.2) is 18.2 Å². The summed E-state index contributed by atoms with van der Waals surface area (Å²) in [5.74, 6) is -0.456. The van der Waals surface area contributed by atoms with Gasteiger partial charge < -0.3 is 9.84 Å². The summed E-state index contributed by atoms with van der Waals surface area (Å²) in [6, 6.07) is 23.6. The number of hydrogen-bond donors (Lipinski definition) is 1. The molecule has 0 saturated carbocycles. The molecule has 0 aliphatic heterocycles. The summed E-state index contributed by atoms with van der Waals surface area (Å²) < 4.78 is 18.6. The molecule has 160 valence electrons. The number of aryl methyl sites for hydroxylation is 1. The zero-order valence-electron chi connectivity index (χ0n) is 17.7. The van der Waals surface area contributed by atoms with Crippen molar-refractivity contribution < 1.29 is 19.0 Å². The van der Waals surface area contributed by atoms with Crippen molar-refractivity contribution in [3.8, 4) is 16.9 Å². The number of rotatable bonds is 7. The maximum absolute atomic E-state index is 13.2. The van der Waals surface area contributed by atoms with Crippen LogP contribution in [0.5, 0.6) is 5.75 Å². The van der Waals surface area contributed by atoms with Crippen molar-refractivity contribution in [1.82, 2.24) is 0 Å². The van der Waals surface area contributed by atoms with Crippen LogP contribution in [0.2, 0.25) is 0 Å². The number of hydrogen-bond acceptors (Lipinski definition) is 2. The van der Waals surface area contributed by atoms with Gasteiger partial charge in [-0.3, -0.25) is 0 Å². The van der Waals surface area contributed by atoms with Crippen molar-refractivity contribution >= 4 is 22.8 Å². The Morgan fingerprint density at radius 3 is 2.50 bits per heavy atom. The second-order valence-electron chi connectivity index (χ2n) is 7.56. The molecular weight excluding hydrogens is 403 g/mol. The molecule has 4 aromatic carbocycles. The van der Waals surface area contributed by atoms with Gasteiger partial charge in [0, 0.05) is 0 Å². The summed E-state index contributed by atoms with van der Waals surface area (Å²) in [6.45, 7) is 0. The molecule has 0 aliphatic rings. The van der Waals surface area contributed by atoms with Crippen LogP contribution in [0.15, 0.2) is 84.9 Å². The second kappa shape index (κ2) is 9.48. The highest BCUT2D eigenvalue weighted by atomic mass is 19.1. The van der Waals surface area contributed by atoms with Gasteiger partial charge >= 0.3 is 5.97 Å². The Balaban J connectivity index is 1.56. The highest BCUT2D eigenvalue weighted by Crippen LogP contribution is 2.26. The van der Waals surface area contributed by atoms with Crippen molar-refractivity contribution in [2.45, 2.75) is 12.8 Å². The third-order valence-electron chi connectivity index (χ3n) is 5.52. The molecule has 0 atom stereocenters. The first-order chi connectivity index (χ1) is 15.5. The lowest BCUT2D eigenvalue weighted by atomic mass is 9.97. The highest BCUT2D eigenvalue weighted by Gasteiger charge is 2.10. The summed E-state index contributed by atoms with van der Waals surface area (Å²) in [7, 11) is 1.66. The lowest BCUT2D eigenvalue weighted by molar-refractivity contribution is 0.0696. The van der Waals surface area contributed by atoms with Crippen LogP contribution in [0.1, 0.15) is 27.9 Å². The Morgan fingerprint density at radius 2 is 1.75 bits per heavy atom. The van der Waals surface area contributed by atoms with E-state index in [9.17, 15) is 14.3 Å². The Labute approximate surface area is 186 Å². The molecule has 0 heterocycles. The summed E-state index contributed by atoms with van der Waals surface area (Å²) in [5, 5.41) is 11.9. The lowest BCUT2D eigenvalue weighted by Crippen LogP contribution is -1.99. The number of halogens is 1. The first kappa shape index (κ1) is 21.3. The predicted octanol–water partition coefficient (Wildman–Crippen LogP) is 7.00. The number of ether oxygens (including phenoxy) is 1. The minimum Gasteiger partial charge on any atom is -0.497 e. The van der Waals surface area contributed by atoms with Crippen molar-refractivity contribution in [1.29, 1.82) is 0 Å². The first-order valence-corrected chi connectivity index (χ1v) is 10.4. The molecule has 32 heavy (non-hydrogen) atoms. The number of carbonyl (C=O) groups is 1. The molecule has 3 nitrogen and oxygen atoms in total. The average Bonchev–Trinajstić information content (AvgIpc) is 2.81. The summed E-state index contributed by atoms with van der Waals surface area (Å²) >= 11 is 0. The largest absolute Gasteiger partial charge is 0.497 e. The minimum atomic E-state index is -0.976. The van der Waals surface area contributed by atoms with E-state index in [1.165, 1.54) is 17.7 Å². The van der Waals surface area contributed by atoms with Crippen LogP contribution in [-0.2, 0) is 6.42 Å². The third-order valence-corrected chi connectivity index (χ3v) is 5.52. The molecule has 0 aromatic heterocycles. The SMILES string of the molecule is COc1ccc2cccc(CCC=Cc3cc(-c4ccc(F)cc4)ccc3C(=O)O)c2c1. The topological polar surface area (TPSA) is 46.5 Å². The molecule has 1 N–H and O–H groups in total. The van der Waals surface area contributed by atoms with Crippen LogP contribution in [0.25, 0.3) is 28.0 Å². The summed E-state index contributed by atoms with van der Waals surface area (Å²) in [4.78, 5) is 11.7. The Kier molecular flexibility index (Phi) is 6.31. The molecule has 4 rings (SSSR count). The monoisotopic (exact) mass is 426 g/mol. The fourth-order valence-corrected chi connectivity index (χ4v) is 3.83. The van der Waals surface area contributed by atoms with Gasteiger partial charge in [0.05, 0.1) is 12.7 Å². The first-order valence-electron chi connectivity index (χ1n) is 10.4. The fraction of sp³-hybridized carbons (Fsp3) is 0.107. The van der Waals surface area contributed by atoms with E-state index in [1.54, 1.807) is 31.4 Å². The van der Waals surface area contributed by atoms with E-state index in [0.717, 1.165) is 40.5 Å². The number of aromatic carboxylic acids is 1. The van der Waals surface area contributed by atoms with Crippen LogP contribution in [0.4, 0.5) is 4.39 Å². The normalized spacial score (nSPS) is 11.2. The van der Waals surface area contributed by atoms with Crippen molar-refractivity contribution in [3.63, 3.8) is 0 Å². The fourth-order valence-electron chi connectivity index (χ4n) is 3.83. The van der Waals surface area contributed by atoms with Crippen molar-refractivity contribution in [3.05, 3.63) is 107 Å². The van der Waals surface area contributed by atoms with Gasteiger partial charge in [0.25, 0.3) is 0 Å². The standard InChI is InChI=1S/C28H23FO3/c1-32-25-15-11-21-8-4-7-20(27(21)18-25)5-2-3-6-23-17-22(12-16-26(23)28(30)31)19-9-13-24(29)14-10-19/h3-4,6-18H,2,5H2,1H3,(H,30,31). The lowest BCUT2D eigenvalue weighted by Gasteiger charge is -2.08.